The molecule has 3 heterocycles. The first-order valence-corrected chi connectivity index (χ1v) is 11.1. The van der Waals surface area contributed by atoms with Crippen molar-refractivity contribution in [1.82, 2.24) is 15.3 Å². The summed E-state index contributed by atoms with van der Waals surface area (Å²) in [7, 11) is 0. The molecule has 1 aliphatic heterocycles. The average molecular weight is 424 g/mol. The Balaban J connectivity index is 1.31. The van der Waals surface area contributed by atoms with Crippen molar-refractivity contribution in [3.05, 3.63) is 64.7 Å². The molecule has 0 unspecified atom stereocenters. The highest BCUT2D eigenvalue weighted by Gasteiger charge is 2.16. The van der Waals surface area contributed by atoms with Crippen LogP contribution in [0, 0.1) is 0 Å². The molecule has 1 aliphatic rings. The second-order valence-corrected chi connectivity index (χ2v) is 7.86. The van der Waals surface area contributed by atoms with Crippen LogP contribution < -0.4 is 20.3 Å². The van der Waals surface area contributed by atoms with Gasteiger partial charge in [-0.1, -0.05) is 12.1 Å². The summed E-state index contributed by atoms with van der Waals surface area (Å²) in [5.74, 6) is 1.65. The number of urea groups is 1. The van der Waals surface area contributed by atoms with Gasteiger partial charge in [0.25, 0.3) is 0 Å². The lowest BCUT2D eigenvalue weighted by molar-refractivity contribution is 0.251. The standard InChI is InChI=1S/C22H25N5O2S/c28-22(24-13-17-6-5-9-23-21(17)27-10-2-1-3-11-27)26-18-7-4-8-20(12-18)29-14-19-15-30-16-25-19/h4-9,12,15-16H,1-3,10-11,13-14H2,(H2,24,26,28). The Bertz CT molecular complexity index is 958. The molecule has 2 aromatic heterocycles. The number of carbonyl (C=O) groups is 1. The van der Waals surface area contributed by atoms with Gasteiger partial charge in [0.1, 0.15) is 18.2 Å². The van der Waals surface area contributed by atoms with E-state index in [1.54, 1.807) is 11.6 Å². The zero-order chi connectivity index (χ0) is 20.6. The predicted molar refractivity (Wildman–Crippen MR) is 119 cm³/mol. The number of piperidine rings is 1. The molecule has 2 amide bonds. The molecule has 3 aromatic rings. The number of rotatable bonds is 7. The molecule has 0 atom stereocenters. The smallest absolute Gasteiger partial charge is 0.319 e. The van der Waals surface area contributed by atoms with Gasteiger partial charge in [-0.15, -0.1) is 11.3 Å². The van der Waals surface area contributed by atoms with Gasteiger partial charge in [0.15, 0.2) is 0 Å². The Morgan fingerprint density at radius 1 is 1.13 bits per heavy atom. The highest BCUT2D eigenvalue weighted by Crippen LogP contribution is 2.22. The molecule has 30 heavy (non-hydrogen) atoms. The van der Waals surface area contributed by atoms with Gasteiger partial charge >= 0.3 is 6.03 Å². The first-order chi connectivity index (χ1) is 14.8. The van der Waals surface area contributed by atoms with Crippen LogP contribution in [-0.4, -0.2) is 29.1 Å². The summed E-state index contributed by atoms with van der Waals surface area (Å²) in [5.41, 5.74) is 4.36. The number of ether oxygens (including phenoxy) is 1. The van der Waals surface area contributed by atoms with Crippen molar-refractivity contribution in [3.8, 4) is 5.75 Å². The fourth-order valence-electron chi connectivity index (χ4n) is 3.44. The minimum Gasteiger partial charge on any atom is -0.487 e. The molecule has 0 radical (unpaired) electrons. The second kappa shape index (κ2) is 10.1. The van der Waals surface area contributed by atoms with Gasteiger partial charge < -0.3 is 20.3 Å². The molecular weight excluding hydrogens is 398 g/mol. The number of hydrogen-bond acceptors (Lipinski definition) is 6. The first-order valence-electron chi connectivity index (χ1n) is 10.1. The van der Waals surface area contributed by atoms with Crippen molar-refractivity contribution in [2.24, 2.45) is 0 Å². The lowest BCUT2D eigenvalue weighted by Gasteiger charge is -2.29. The highest BCUT2D eigenvalue weighted by molar-refractivity contribution is 7.07. The fraction of sp³-hybridized carbons (Fsp3) is 0.318. The Morgan fingerprint density at radius 2 is 2.03 bits per heavy atom. The van der Waals surface area contributed by atoms with Gasteiger partial charge in [0.05, 0.1) is 11.2 Å². The number of carbonyl (C=O) groups excluding carboxylic acids is 1. The summed E-state index contributed by atoms with van der Waals surface area (Å²) >= 11 is 1.54. The van der Waals surface area contributed by atoms with Gasteiger partial charge in [0, 0.05) is 48.5 Å². The van der Waals surface area contributed by atoms with Crippen molar-refractivity contribution in [2.75, 3.05) is 23.3 Å². The molecular formula is C22H25N5O2S. The maximum Gasteiger partial charge on any atom is 0.319 e. The monoisotopic (exact) mass is 423 g/mol. The number of hydrogen-bond donors (Lipinski definition) is 2. The normalized spacial score (nSPS) is 13.7. The van der Waals surface area contributed by atoms with E-state index in [0.717, 1.165) is 30.2 Å². The Kier molecular flexibility index (Phi) is 6.76. The van der Waals surface area contributed by atoms with Crippen LogP contribution in [-0.2, 0) is 13.2 Å². The molecule has 0 bridgehead atoms. The van der Waals surface area contributed by atoms with E-state index in [4.69, 9.17) is 4.74 Å². The molecule has 1 fully saturated rings. The van der Waals surface area contributed by atoms with E-state index in [1.807, 2.05) is 41.9 Å². The van der Waals surface area contributed by atoms with Crippen molar-refractivity contribution in [2.45, 2.75) is 32.4 Å². The molecule has 2 N–H and O–H groups in total. The summed E-state index contributed by atoms with van der Waals surface area (Å²) in [6.07, 6.45) is 5.45. The summed E-state index contributed by atoms with van der Waals surface area (Å²) in [5, 5.41) is 7.75. The summed E-state index contributed by atoms with van der Waals surface area (Å²) in [6.45, 7) is 2.86. The Labute approximate surface area is 180 Å². The lowest BCUT2D eigenvalue weighted by Crippen LogP contribution is -2.33. The van der Waals surface area contributed by atoms with Crippen molar-refractivity contribution < 1.29 is 9.53 Å². The zero-order valence-electron chi connectivity index (χ0n) is 16.7. The van der Waals surface area contributed by atoms with Gasteiger partial charge in [-0.3, -0.25) is 0 Å². The number of thiazole rings is 1. The highest BCUT2D eigenvalue weighted by atomic mass is 32.1. The maximum absolute atomic E-state index is 12.4. The molecule has 1 saturated heterocycles. The molecule has 0 saturated carbocycles. The van der Waals surface area contributed by atoms with Crippen LogP contribution in [0.15, 0.2) is 53.5 Å². The Morgan fingerprint density at radius 3 is 2.87 bits per heavy atom. The molecule has 4 rings (SSSR count). The number of pyridine rings is 1. The summed E-state index contributed by atoms with van der Waals surface area (Å²) in [4.78, 5) is 23.5. The van der Waals surface area contributed by atoms with Crippen molar-refractivity contribution in [3.63, 3.8) is 0 Å². The van der Waals surface area contributed by atoms with Gasteiger partial charge in [-0.05, 0) is 37.5 Å². The van der Waals surface area contributed by atoms with Crippen molar-refractivity contribution in [1.29, 1.82) is 0 Å². The minimum absolute atomic E-state index is 0.264. The second-order valence-electron chi connectivity index (χ2n) is 7.14. The molecule has 0 spiro atoms. The first kappa shape index (κ1) is 20.2. The topological polar surface area (TPSA) is 79.4 Å². The lowest BCUT2D eigenvalue weighted by atomic mass is 10.1. The van der Waals surface area contributed by atoms with Crippen LogP contribution in [0.3, 0.4) is 0 Å². The molecule has 0 aliphatic carbocycles. The van der Waals surface area contributed by atoms with Gasteiger partial charge in [-0.25, -0.2) is 14.8 Å². The zero-order valence-corrected chi connectivity index (χ0v) is 17.5. The summed E-state index contributed by atoms with van der Waals surface area (Å²) < 4.78 is 5.74. The van der Waals surface area contributed by atoms with E-state index in [-0.39, 0.29) is 6.03 Å². The van der Waals surface area contributed by atoms with E-state index < -0.39 is 0 Å². The molecule has 8 heteroatoms. The third kappa shape index (κ3) is 5.48. The van der Waals surface area contributed by atoms with Crippen LogP contribution >= 0.6 is 11.3 Å². The van der Waals surface area contributed by atoms with Gasteiger partial charge in [-0.2, -0.15) is 0 Å². The largest absolute Gasteiger partial charge is 0.487 e. The van der Waals surface area contributed by atoms with Crippen LogP contribution in [0.4, 0.5) is 16.3 Å². The Hall–Kier alpha value is -3.13. The van der Waals surface area contributed by atoms with Crippen molar-refractivity contribution >= 4 is 28.9 Å². The molecule has 7 nitrogen and oxygen atoms in total. The van der Waals surface area contributed by atoms with Gasteiger partial charge in [0.2, 0.25) is 0 Å². The van der Waals surface area contributed by atoms with Crippen LogP contribution in [0.5, 0.6) is 5.75 Å². The SMILES string of the molecule is O=C(NCc1cccnc1N1CCCCC1)Nc1cccc(OCc2cscn2)c1. The van der Waals surface area contributed by atoms with E-state index >= 15 is 0 Å². The minimum atomic E-state index is -0.264. The third-order valence-corrected chi connectivity index (χ3v) is 5.56. The van der Waals surface area contributed by atoms with Crippen LogP contribution in [0.1, 0.15) is 30.5 Å². The van der Waals surface area contributed by atoms with Crippen LogP contribution in [0.2, 0.25) is 0 Å². The number of nitrogens with one attached hydrogen (secondary N) is 2. The van der Waals surface area contributed by atoms with E-state index in [2.05, 4.69) is 25.5 Å². The maximum atomic E-state index is 12.4. The molecule has 156 valence electrons. The number of benzene rings is 1. The fourth-order valence-corrected chi connectivity index (χ4v) is 3.98. The predicted octanol–water partition coefficient (Wildman–Crippen LogP) is 4.43. The van der Waals surface area contributed by atoms with E-state index in [1.165, 1.54) is 30.6 Å². The number of amides is 2. The number of nitrogens with zero attached hydrogens (tertiary/aromatic N) is 3. The summed E-state index contributed by atoms with van der Waals surface area (Å²) in [6, 6.07) is 11.0. The molecule has 1 aromatic carbocycles. The quantitative estimate of drug-likeness (QED) is 0.588. The number of aromatic nitrogens is 2. The van der Waals surface area contributed by atoms with Crippen LogP contribution in [0.25, 0.3) is 0 Å². The number of anilines is 2. The van der Waals surface area contributed by atoms with E-state index in [0.29, 0.717) is 24.6 Å². The average Bonchev–Trinajstić information content (AvgIpc) is 3.31. The third-order valence-electron chi connectivity index (χ3n) is 4.92. The van der Waals surface area contributed by atoms with E-state index in [9.17, 15) is 4.79 Å².